The molecule has 2 heterocycles. The first-order valence-corrected chi connectivity index (χ1v) is 6.92. The number of aromatic nitrogens is 6. The molecule has 2 aromatic rings. The maximum Gasteiger partial charge on any atom is 0.257 e. The van der Waals surface area contributed by atoms with Crippen LogP contribution >= 0.6 is 11.8 Å². The number of hydrogen-bond donors (Lipinski definition) is 2. The second kappa shape index (κ2) is 6.43. The second-order valence-corrected chi connectivity index (χ2v) is 5.04. The summed E-state index contributed by atoms with van der Waals surface area (Å²) in [5, 5.41) is 4.61. The van der Waals surface area contributed by atoms with Gasteiger partial charge in [0.15, 0.2) is 5.16 Å². The first kappa shape index (κ1) is 13.7. The Bertz CT molecular complexity index is 514. The van der Waals surface area contributed by atoms with Gasteiger partial charge in [0.25, 0.3) is 5.95 Å². The molecular weight excluding hydrogens is 264 g/mol. The lowest BCUT2D eigenvalue weighted by Gasteiger charge is -2.08. The molecule has 0 amide bonds. The molecule has 19 heavy (non-hydrogen) atoms. The van der Waals surface area contributed by atoms with Crippen LogP contribution in [0.2, 0.25) is 0 Å². The van der Waals surface area contributed by atoms with Crippen LogP contribution in [0.3, 0.4) is 0 Å². The molecule has 0 saturated heterocycles. The molecule has 8 nitrogen and oxygen atoms in total. The number of hydrogen-bond acceptors (Lipinski definition) is 8. The molecule has 2 aromatic heterocycles. The summed E-state index contributed by atoms with van der Waals surface area (Å²) in [6, 6.07) is 0. The van der Waals surface area contributed by atoms with E-state index < -0.39 is 0 Å². The van der Waals surface area contributed by atoms with Gasteiger partial charge in [-0.25, -0.2) is 10.8 Å². The van der Waals surface area contributed by atoms with Crippen molar-refractivity contribution in [3.63, 3.8) is 0 Å². The van der Waals surface area contributed by atoms with Gasteiger partial charge in [-0.3, -0.25) is 5.43 Å². The molecule has 0 aromatic carbocycles. The Morgan fingerprint density at radius 2 is 2.26 bits per heavy atom. The summed E-state index contributed by atoms with van der Waals surface area (Å²) in [5.74, 6) is 7.62. The van der Waals surface area contributed by atoms with Crippen molar-refractivity contribution in [2.45, 2.75) is 25.4 Å². The van der Waals surface area contributed by atoms with Crippen LogP contribution in [0.1, 0.15) is 20.3 Å². The minimum absolute atomic E-state index is 0.312. The number of thioether (sulfide) groups is 1. The summed E-state index contributed by atoms with van der Waals surface area (Å²) in [4.78, 5) is 16.5. The van der Waals surface area contributed by atoms with Crippen molar-refractivity contribution < 1.29 is 0 Å². The van der Waals surface area contributed by atoms with Crippen LogP contribution in [0.15, 0.2) is 17.8 Å². The van der Waals surface area contributed by atoms with Crippen LogP contribution in [-0.2, 0) is 0 Å². The zero-order valence-electron chi connectivity index (χ0n) is 10.8. The maximum absolute atomic E-state index is 5.37. The molecule has 102 valence electrons. The lowest BCUT2D eigenvalue weighted by atomic mass is 10.2. The normalized spacial score (nSPS) is 12.4. The van der Waals surface area contributed by atoms with E-state index in [1.165, 1.54) is 17.3 Å². The summed E-state index contributed by atoms with van der Waals surface area (Å²) in [6.07, 6.45) is 4.07. The standard InChI is InChI=1S/C10H16N8S/c1-3-7(2)4-19-10-15-8(17-11)14-9(16-10)18-6-12-5-13-18/h5-7H,3-4,11H2,1-2H3,(H,14,15,16,17). The van der Waals surface area contributed by atoms with Crippen molar-refractivity contribution in [1.29, 1.82) is 0 Å². The number of nitrogens with two attached hydrogens (primary N) is 1. The summed E-state index contributed by atoms with van der Waals surface area (Å²) < 4.78 is 1.47. The zero-order chi connectivity index (χ0) is 13.7. The highest BCUT2D eigenvalue weighted by Gasteiger charge is 2.10. The monoisotopic (exact) mass is 280 g/mol. The summed E-state index contributed by atoms with van der Waals surface area (Å²) in [5.41, 5.74) is 2.43. The molecule has 0 aliphatic rings. The maximum atomic E-state index is 5.37. The Balaban J connectivity index is 2.21. The van der Waals surface area contributed by atoms with Crippen LogP contribution in [0.25, 0.3) is 5.95 Å². The van der Waals surface area contributed by atoms with E-state index in [0.717, 1.165) is 12.2 Å². The SMILES string of the molecule is CCC(C)CSc1nc(NN)nc(-n2cncn2)n1. The quantitative estimate of drug-likeness (QED) is 0.456. The number of hydrazine groups is 1. The van der Waals surface area contributed by atoms with Gasteiger partial charge >= 0.3 is 0 Å². The molecule has 9 heteroatoms. The van der Waals surface area contributed by atoms with Crippen molar-refractivity contribution in [1.82, 2.24) is 29.7 Å². The fourth-order valence-electron chi connectivity index (χ4n) is 1.22. The van der Waals surface area contributed by atoms with Crippen LogP contribution in [0.5, 0.6) is 0 Å². The predicted octanol–water partition coefficient (Wildman–Crippen LogP) is 0.876. The number of nitrogens with one attached hydrogen (secondary N) is 1. The molecule has 2 rings (SSSR count). The van der Waals surface area contributed by atoms with Crippen molar-refractivity contribution in [2.75, 3.05) is 11.2 Å². The highest BCUT2D eigenvalue weighted by Crippen LogP contribution is 2.19. The van der Waals surface area contributed by atoms with Gasteiger partial charge in [0, 0.05) is 5.75 Å². The molecule has 0 radical (unpaired) electrons. The molecule has 1 unspecified atom stereocenters. The Morgan fingerprint density at radius 1 is 1.42 bits per heavy atom. The number of nitrogen functional groups attached to an aromatic ring is 1. The van der Waals surface area contributed by atoms with Gasteiger partial charge < -0.3 is 0 Å². The van der Waals surface area contributed by atoms with Gasteiger partial charge in [-0.1, -0.05) is 32.0 Å². The molecule has 1 atom stereocenters. The Morgan fingerprint density at radius 3 is 2.89 bits per heavy atom. The van der Waals surface area contributed by atoms with E-state index in [4.69, 9.17) is 5.84 Å². The van der Waals surface area contributed by atoms with Crippen LogP contribution in [-0.4, -0.2) is 35.5 Å². The molecule has 3 N–H and O–H groups in total. The molecule has 0 aliphatic carbocycles. The average Bonchev–Trinajstić information content (AvgIpc) is 2.98. The molecule has 0 fully saturated rings. The van der Waals surface area contributed by atoms with E-state index in [-0.39, 0.29) is 0 Å². The third-order valence-corrected chi connectivity index (χ3v) is 3.73. The first-order chi connectivity index (χ1) is 9.22. The van der Waals surface area contributed by atoms with Crippen molar-refractivity contribution >= 4 is 17.7 Å². The Kier molecular flexibility index (Phi) is 4.63. The third kappa shape index (κ3) is 3.61. The van der Waals surface area contributed by atoms with Gasteiger partial charge in [-0.2, -0.15) is 24.7 Å². The summed E-state index contributed by atoms with van der Waals surface area (Å²) >= 11 is 1.57. The van der Waals surface area contributed by atoms with Gasteiger partial charge in [0.2, 0.25) is 5.95 Å². The summed E-state index contributed by atoms with van der Waals surface area (Å²) in [6.45, 7) is 4.35. The Hall–Kier alpha value is -1.74. The highest BCUT2D eigenvalue weighted by molar-refractivity contribution is 7.99. The second-order valence-electron chi connectivity index (χ2n) is 4.05. The number of anilines is 1. The average molecular weight is 280 g/mol. The lowest BCUT2D eigenvalue weighted by molar-refractivity contribution is 0.635. The summed E-state index contributed by atoms with van der Waals surface area (Å²) in [7, 11) is 0. The largest absolute Gasteiger partial charge is 0.292 e. The van der Waals surface area contributed by atoms with Crippen LogP contribution in [0.4, 0.5) is 5.95 Å². The third-order valence-electron chi connectivity index (χ3n) is 2.55. The minimum atomic E-state index is 0.312. The highest BCUT2D eigenvalue weighted by atomic mass is 32.2. The van der Waals surface area contributed by atoms with Crippen molar-refractivity contribution in [3.05, 3.63) is 12.7 Å². The van der Waals surface area contributed by atoms with E-state index >= 15 is 0 Å². The van der Waals surface area contributed by atoms with Gasteiger partial charge in [-0.05, 0) is 5.92 Å². The fraction of sp³-hybridized carbons (Fsp3) is 0.500. The molecule has 0 aliphatic heterocycles. The molecule has 0 saturated carbocycles. The van der Waals surface area contributed by atoms with Gasteiger partial charge in [0.05, 0.1) is 0 Å². The van der Waals surface area contributed by atoms with Gasteiger partial charge in [-0.15, -0.1) is 0 Å². The molecule has 0 spiro atoms. The van der Waals surface area contributed by atoms with Crippen LogP contribution in [0, 0.1) is 5.92 Å². The van der Waals surface area contributed by atoms with Crippen molar-refractivity contribution in [3.8, 4) is 5.95 Å². The number of rotatable bonds is 6. The predicted molar refractivity (Wildman–Crippen MR) is 72.7 cm³/mol. The smallest absolute Gasteiger partial charge is 0.257 e. The zero-order valence-corrected chi connectivity index (χ0v) is 11.6. The molecular formula is C10H16N8S. The van der Waals surface area contributed by atoms with E-state index in [1.807, 2.05) is 0 Å². The fourth-order valence-corrected chi connectivity index (χ4v) is 2.19. The van der Waals surface area contributed by atoms with Crippen LogP contribution < -0.4 is 11.3 Å². The lowest BCUT2D eigenvalue weighted by Crippen LogP contribution is -2.14. The van der Waals surface area contributed by atoms with Gasteiger partial charge in [0.1, 0.15) is 12.7 Å². The number of nitrogens with zero attached hydrogens (tertiary/aromatic N) is 6. The van der Waals surface area contributed by atoms with E-state index in [0.29, 0.717) is 23.0 Å². The molecule has 0 bridgehead atoms. The topological polar surface area (TPSA) is 107 Å². The van der Waals surface area contributed by atoms with E-state index in [9.17, 15) is 0 Å². The van der Waals surface area contributed by atoms with Crippen molar-refractivity contribution in [2.24, 2.45) is 11.8 Å². The van der Waals surface area contributed by atoms with E-state index in [1.54, 1.807) is 11.8 Å². The Labute approximate surface area is 115 Å². The first-order valence-electron chi connectivity index (χ1n) is 5.93. The minimum Gasteiger partial charge on any atom is -0.292 e. The van der Waals surface area contributed by atoms with E-state index in [2.05, 4.69) is 44.3 Å².